The number of hydrogen-bond acceptors (Lipinski definition) is 4. The van der Waals surface area contributed by atoms with Crippen molar-refractivity contribution in [3.63, 3.8) is 0 Å². The van der Waals surface area contributed by atoms with Crippen LogP contribution >= 0.6 is 0 Å². The normalized spacial score (nSPS) is 30.4. The summed E-state index contributed by atoms with van der Waals surface area (Å²) >= 11 is 0. The van der Waals surface area contributed by atoms with Gasteiger partial charge in [0.25, 0.3) is 0 Å². The number of anilines is 1. The molecular formula is C28H33F2N5. The lowest BCUT2D eigenvalue weighted by molar-refractivity contribution is -0.174. The van der Waals surface area contributed by atoms with Gasteiger partial charge in [-0.25, -0.2) is 9.37 Å². The van der Waals surface area contributed by atoms with Gasteiger partial charge in [0.1, 0.15) is 0 Å². The summed E-state index contributed by atoms with van der Waals surface area (Å²) in [5.41, 5.74) is 4.91. The Balaban J connectivity index is 1.21. The Hall–Kier alpha value is -2.51. The molecule has 0 spiro atoms. The number of para-hydroxylation sites is 1. The van der Waals surface area contributed by atoms with Crippen molar-refractivity contribution in [3.8, 4) is 0 Å². The molecule has 3 aliphatic carbocycles. The number of nitrogens with one attached hydrogen (secondary N) is 2. The number of alkyl halides is 1. The highest BCUT2D eigenvalue weighted by Gasteiger charge is 2.63. The molecule has 4 fully saturated rings. The van der Waals surface area contributed by atoms with Gasteiger partial charge in [0.15, 0.2) is 11.6 Å². The van der Waals surface area contributed by atoms with E-state index in [1.165, 1.54) is 35.9 Å². The van der Waals surface area contributed by atoms with Gasteiger partial charge < -0.3 is 10.3 Å². The number of H-pyrrole nitrogens is 1. The second-order valence-corrected chi connectivity index (χ2v) is 11.4. The first-order valence-electron chi connectivity index (χ1n) is 13.1. The van der Waals surface area contributed by atoms with Crippen LogP contribution in [0, 0.1) is 11.7 Å². The Morgan fingerprint density at radius 3 is 2.71 bits per heavy atom. The van der Waals surface area contributed by atoms with Gasteiger partial charge in [-0.2, -0.15) is 0 Å². The van der Waals surface area contributed by atoms with E-state index in [0.717, 1.165) is 43.1 Å². The molecule has 7 heteroatoms. The highest BCUT2D eigenvalue weighted by molar-refractivity contribution is 5.85. The van der Waals surface area contributed by atoms with Gasteiger partial charge in [-0.15, -0.1) is 0 Å². The Labute approximate surface area is 204 Å². The molecule has 3 saturated carbocycles. The molecule has 8 rings (SSSR count). The minimum absolute atomic E-state index is 0.0154. The van der Waals surface area contributed by atoms with E-state index in [0.29, 0.717) is 18.3 Å². The van der Waals surface area contributed by atoms with Gasteiger partial charge in [0.2, 0.25) is 0 Å². The number of aromatic nitrogens is 2. The molecule has 1 saturated heterocycles. The molecule has 5 nitrogen and oxygen atoms in total. The molecule has 2 aliphatic heterocycles. The molecule has 2 aromatic heterocycles. The lowest BCUT2D eigenvalue weighted by Crippen LogP contribution is -2.71. The summed E-state index contributed by atoms with van der Waals surface area (Å²) in [5.74, 6) is 0.903. The summed E-state index contributed by atoms with van der Waals surface area (Å²) in [6.07, 6.45) is 7.24. The molecule has 35 heavy (non-hydrogen) atoms. The summed E-state index contributed by atoms with van der Waals surface area (Å²) < 4.78 is 27.8. The number of likely N-dealkylation sites (tertiary alicyclic amines) is 1. The highest BCUT2D eigenvalue weighted by Crippen LogP contribution is 2.64. The smallest absolute Gasteiger partial charge is 0.165 e. The molecule has 5 aliphatic rings. The van der Waals surface area contributed by atoms with Crippen LogP contribution in [0.3, 0.4) is 0 Å². The van der Waals surface area contributed by atoms with Gasteiger partial charge in [-0.1, -0.05) is 18.2 Å². The average Bonchev–Trinajstić information content (AvgIpc) is 3.12. The molecular weight excluding hydrogens is 444 g/mol. The fourth-order valence-corrected chi connectivity index (χ4v) is 7.31. The van der Waals surface area contributed by atoms with Crippen LogP contribution in [0.4, 0.5) is 14.6 Å². The number of hydrogen-bond donors (Lipinski definition) is 2. The summed E-state index contributed by atoms with van der Waals surface area (Å²) in [6, 6.07) is 10.7. The maximum atomic E-state index is 15.4. The third kappa shape index (κ3) is 3.34. The molecule has 0 radical (unpaired) electrons. The molecule has 0 amide bonds. The lowest BCUT2D eigenvalue weighted by Gasteiger charge is -2.70. The number of fused-ring (bicyclic) bond motifs is 3. The number of rotatable bonds is 7. The lowest BCUT2D eigenvalue weighted by atomic mass is 9.48. The van der Waals surface area contributed by atoms with Crippen molar-refractivity contribution in [1.29, 1.82) is 0 Å². The topological polar surface area (TPSA) is 47.2 Å². The van der Waals surface area contributed by atoms with Crippen LogP contribution in [0.5, 0.6) is 0 Å². The van der Waals surface area contributed by atoms with Crippen LogP contribution in [0.1, 0.15) is 55.5 Å². The Morgan fingerprint density at radius 1 is 1.20 bits per heavy atom. The summed E-state index contributed by atoms with van der Waals surface area (Å²) in [6.45, 7) is 4.42. The fourth-order valence-electron chi connectivity index (χ4n) is 7.31. The van der Waals surface area contributed by atoms with Crippen LogP contribution in [-0.4, -0.2) is 63.7 Å². The molecule has 4 heterocycles. The van der Waals surface area contributed by atoms with E-state index in [1.807, 2.05) is 6.20 Å². The van der Waals surface area contributed by atoms with Gasteiger partial charge in [-0.3, -0.25) is 14.2 Å². The number of aromatic amines is 1. The number of halogens is 2. The van der Waals surface area contributed by atoms with E-state index in [9.17, 15) is 4.39 Å². The van der Waals surface area contributed by atoms with Crippen LogP contribution < -0.4 is 5.32 Å². The number of pyridine rings is 1. The minimum Gasteiger partial charge on any atom is -0.362 e. The summed E-state index contributed by atoms with van der Waals surface area (Å²) in [5, 5.41) is 4.54. The first-order valence-corrected chi connectivity index (χ1v) is 13.1. The SMILES string of the molecule is C[C@@H]1Cc2c([nH]c3ccccc23)[C@@H](c2cnc(NC3CN(CCCF)C3)c(F)c2)N1C12CC(C1)C2. The predicted octanol–water partition coefficient (Wildman–Crippen LogP) is 5.05. The Kier molecular flexibility index (Phi) is 4.97. The molecule has 2 bridgehead atoms. The molecule has 2 N–H and O–H groups in total. The van der Waals surface area contributed by atoms with E-state index in [4.69, 9.17) is 0 Å². The Morgan fingerprint density at radius 2 is 2.00 bits per heavy atom. The van der Waals surface area contributed by atoms with E-state index in [1.54, 1.807) is 6.07 Å². The number of nitrogens with zero attached hydrogens (tertiary/aromatic N) is 3. The van der Waals surface area contributed by atoms with Crippen molar-refractivity contribution < 1.29 is 8.78 Å². The zero-order valence-electron chi connectivity index (χ0n) is 20.2. The maximum Gasteiger partial charge on any atom is 0.165 e. The molecule has 184 valence electrons. The van der Waals surface area contributed by atoms with Gasteiger partial charge in [-0.05, 0) is 68.2 Å². The molecule has 1 aromatic carbocycles. The molecule has 2 atom stereocenters. The average molecular weight is 478 g/mol. The first kappa shape index (κ1) is 21.7. The number of benzene rings is 1. The van der Waals surface area contributed by atoms with Crippen molar-refractivity contribution in [2.45, 2.75) is 62.7 Å². The quantitative estimate of drug-likeness (QED) is 0.500. The third-order valence-corrected chi connectivity index (χ3v) is 9.01. The van der Waals surface area contributed by atoms with E-state index in [-0.39, 0.29) is 30.1 Å². The van der Waals surface area contributed by atoms with E-state index < -0.39 is 0 Å². The van der Waals surface area contributed by atoms with Crippen LogP contribution in [0.15, 0.2) is 36.5 Å². The zero-order valence-corrected chi connectivity index (χ0v) is 20.2. The summed E-state index contributed by atoms with van der Waals surface area (Å²) in [7, 11) is 0. The van der Waals surface area contributed by atoms with Gasteiger partial charge >= 0.3 is 0 Å². The van der Waals surface area contributed by atoms with Crippen LogP contribution in [0.25, 0.3) is 10.9 Å². The predicted molar refractivity (Wildman–Crippen MR) is 134 cm³/mol. The fraction of sp³-hybridized carbons (Fsp3) is 0.536. The first-order chi connectivity index (χ1) is 17.0. The zero-order chi connectivity index (χ0) is 23.7. The van der Waals surface area contributed by atoms with Crippen molar-refractivity contribution >= 4 is 16.7 Å². The van der Waals surface area contributed by atoms with Crippen molar-refractivity contribution in [3.05, 3.63) is 59.2 Å². The Bertz CT molecular complexity index is 1250. The molecule has 0 unspecified atom stereocenters. The van der Waals surface area contributed by atoms with Crippen molar-refractivity contribution in [2.75, 3.05) is 31.6 Å². The van der Waals surface area contributed by atoms with E-state index in [2.05, 4.69) is 56.3 Å². The minimum atomic E-state index is -0.293. The van der Waals surface area contributed by atoms with Crippen LogP contribution in [0.2, 0.25) is 0 Å². The maximum absolute atomic E-state index is 15.4. The van der Waals surface area contributed by atoms with E-state index >= 15 is 4.39 Å². The highest BCUT2D eigenvalue weighted by atomic mass is 19.1. The second-order valence-electron chi connectivity index (χ2n) is 11.4. The standard InChI is InChI=1S/C28H33F2N5/c1-17-9-22-21-5-2-3-6-24(21)33-25(22)26(35(17)28-11-18(12-28)13-28)19-10-23(30)27(31-14-19)32-20-15-34(16-20)8-4-7-29/h2-3,5-6,10,14,17-18,20,26,33H,4,7-9,11-13,15-16H2,1H3,(H,31,32)/t17-,18?,26-,28?/m1/s1. The van der Waals surface area contributed by atoms with Crippen molar-refractivity contribution in [2.24, 2.45) is 5.92 Å². The summed E-state index contributed by atoms with van der Waals surface area (Å²) in [4.78, 5) is 13.2. The second kappa shape index (κ2) is 8.00. The van der Waals surface area contributed by atoms with Gasteiger partial charge in [0.05, 0.1) is 18.8 Å². The largest absolute Gasteiger partial charge is 0.362 e. The molecule has 3 aromatic rings. The monoisotopic (exact) mass is 477 g/mol. The van der Waals surface area contributed by atoms with Crippen molar-refractivity contribution in [1.82, 2.24) is 19.8 Å². The van der Waals surface area contributed by atoms with Crippen LogP contribution in [-0.2, 0) is 6.42 Å². The van der Waals surface area contributed by atoms with Gasteiger partial charge in [0, 0.05) is 54.0 Å². The third-order valence-electron chi connectivity index (χ3n) is 9.01.